The smallest absolute Gasteiger partial charge is 0.0224 e. The summed E-state index contributed by atoms with van der Waals surface area (Å²) in [5.74, 6) is 1.96. The van der Waals surface area contributed by atoms with Crippen molar-refractivity contribution >= 4 is 11.8 Å². The van der Waals surface area contributed by atoms with E-state index in [9.17, 15) is 0 Å². The first-order valence-electron chi connectivity index (χ1n) is 7.80. The molecule has 1 saturated heterocycles. The van der Waals surface area contributed by atoms with Crippen LogP contribution in [0.15, 0.2) is 35.2 Å². The Kier molecular flexibility index (Phi) is 6.40. The van der Waals surface area contributed by atoms with E-state index in [0.717, 1.165) is 12.5 Å². The van der Waals surface area contributed by atoms with Crippen LogP contribution in [-0.4, -0.2) is 42.4 Å². The molecule has 0 aliphatic carbocycles. The molecule has 1 heterocycles. The van der Waals surface area contributed by atoms with Crippen molar-refractivity contribution in [2.24, 2.45) is 5.92 Å². The summed E-state index contributed by atoms with van der Waals surface area (Å²) in [5, 5.41) is 3.63. The molecule has 0 amide bonds. The zero-order valence-corrected chi connectivity index (χ0v) is 13.8. The Morgan fingerprint density at radius 3 is 2.75 bits per heavy atom. The standard InChI is InChI=1S/C17H28N2S/c1-14(2)11-16-12-18-15(3)13-19(16)9-10-20-17-7-5-4-6-8-17/h4-8,14-16,18H,9-13H2,1-3H3. The van der Waals surface area contributed by atoms with E-state index in [0.29, 0.717) is 12.1 Å². The van der Waals surface area contributed by atoms with Crippen LogP contribution in [0.4, 0.5) is 0 Å². The van der Waals surface area contributed by atoms with Crippen molar-refractivity contribution in [1.82, 2.24) is 10.2 Å². The van der Waals surface area contributed by atoms with E-state index in [1.807, 2.05) is 11.8 Å². The van der Waals surface area contributed by atoms with Crippen molar-refractivity contribution in [2.45, 2.75) is 44.2 Å². The second kappa shape index (κ2) is 8.06. The molecular weight excluding hydrogens is 264 g/mol. The lowest BCUT2D eigenvalue weighted by Gasteiger charge is -2.40. The molecule has 1 N–H and O–H groups in total. The minimum atomic E-state index is 0.625. The SMILES string of the molecule is CC(C)CC1CNC(C)CN1CCSc1ccccc1. The number of rotatable bonds is 6. The molecule has 1 aromatic carbocycles. The quantitative estimate of drug-likeness (QED) is 0.808. The maximum Gasteiger partial charge on any atom is 0.0224 e. The highest BCUT2D eigenvalue weighted by molar-refractivity contribution is 7.99. The number of nitrogens with zero attached hydrogens (tertiary/aromatic N) is 1. The van der Waals surface area contributed by atoms with Gasteiger partial charge in [-0.05, 0) is 31.4 Å². The predicted molar refractivity (Wildman–Crippen MR) is 89.4 cm³/mol. The van der Waals surface area contributed by atoms with Crippen molar-refractivity contribution in [2.75, 3.05) is 25.4 Å². The number of hydrogen-bond donors (Lipinski definition) is 1. The highest BCUT2D eigenvalue weighted by Crippen LogP contribution is 2.20. The molecule has 0 spiro atoms. The molecule has 112 valence electrons. The molecule has 20 heavy (non-hydrogen) atoms. The van der Waals surface area contributed by atoms with Crippen LogP contribution in [0.1, 0.15) is 27.2 Å². The van der Waals surface area contributed by atoms with Crippen LogP contribution in [0.3, 0.4) is 0 Å². The Morgan fingerprint density at radius 2 is 2.05 bits per heavy atom. The van der Waals surface area contributed by atoms with E-state index in [2.05, 4.69) is 61.3 Å². The molecule has 1 aliphatic rings. The van der Waals surface area contributed by atoms with E-state index < -0.39 is 0 Å². The molecule has 0 aromatic heterocycles. The number of hydrogen-bond acceptors (Lipinski definition) is 3. The number of piperazine rings is 1. The average molecular weight is 292 g/mol. The Morgan fingerprint density at radius 1 is 1.30 bits per heavy atom. The first-order valence-corrected chi connectivity index (χ1v) is 8.79. The van der Waals surface area contributed by atoms with Gasteiger partial charge in [0.25, 0.3) is 0 Å². The Balaban J connectivity index is 1.81. The van der Waals surface area contributed by atoms with Gasteiger partial charge >= 0.3 is 0 Å². The summed E-state index contributed by atoms with van der Waals surface area (Å²) < 4.78 is 0. The van der Waals surface area contributed by atoms with E-state index in [4.69, 9.17) is 0 Å². The van der Waals surface area contributed by atoms with Gasteiger partial charge in [-0.2, -0.15) is 0 Å². The molecule has 1 fully saturated rings. The second-order valence-electron chi connectivity index (χ2n) is 6.25. The minimum Gasteiger partial charge on any atom is -0.311 e. The zero-order chi connectivity index (χ0) is 14.4. The molecule has 2 rings (SSSR count). The van der Waals surface area contributed by atoms with Gasteiger partial charge in [-0.15, -0.1) is 11.8 Å². The lowest BCUT2D eigenvalue weighted by Crippen LogP contribution is -2.56. The maximum absolute atomic E-state index is 3.63. The molecule has 0 saturated carbocycles. The molecule has 2 unspecified atom stereocenters. The van der Waals surface area contributed by atoms with Gasteiger partial charge in [-0.3, -0.25) is 4.90 Å². The minimum absolute atomic E-state index is 0.625. The summed E-state index contributed by atoms with van der Waals surface area (Å²) >= 11 is 1.97. The summed E-state index contributed by atoms with van der Waals surface area (Å²) in [6.45, 7) is 10.5. The van der Waals surface area contributed by atoms with Gasteiger partial charge in [-0.1, -0.05) is 32.0 Å². The zero-order valence-electron chi connectivity index (χ0n) is 13.0. The van der Waals surface area contributed by atoms with Crippen molar-refractivity contribution < 1.29 is 0 Å². The van der Waals surface area contributed by atoms with Gasteiger partial charge in [0.15, 0.2) is 0 Å². The Hall–Kier alpha value is -0.510. The topological polar surface area (TPSA) is 15.3 Å². The molecule has 1 aliphatic heterocycles. The summed E-state index contributed by atoms with van der Waals surface area (Å²) in [5.41, 5.74) is 0. The van der Waals surface area contributed by atoms with Crippen LogP contribution in [0, 0.1) is 5.92 Å². The molecule has 3 heteroatoms. The van der Waals surface area contributed by atoms with Crippen molar-refractivity contribution in [3.05, 3.63) is 30.3 Å². The van der Waals surface area contributed by atoms with Crippen molar-refractivity contribution in [3.8, 4) is 0 Å². The molecule has 1 aromatic rings. The number of nitrogens with one attached hydrogen (secondary N) is 1. The predicted octanol–water partition coefficient (Wildman–Crippen LogP) is 3.49. The van der Waals surface area contributed by atoms with E-state index in [1.165, 1.54) is 30.2 Å². The van der Waals surface area contributed by atoms with Gasteiger partial charge in [0, 0.05) is 42.4 Å². The third kappa shape index (κ3) is 5.12. The molecule has 0 radical (unpaired) electrons. The van der Waals surface area contributed by atoms with Crippen LogP contribution in [0.25, 0.3) is 0 Å². The summed E-state index contributed by atoms with van der Waals surface area (Å²) in [6.07, 6.45) is 1.30. The van der Waals surface area contributed by atoms with Crippen LogP contribution in [0.2, 0.25) is 0 Å². The molecule has 0 bridgehead atoms. The molecule has 2 nitrogen and oxygen atoms in total. The molecule has 2 atom stereocenters. The van der Waals surface area contributed by atoms with Crippen LogP contribution in [0.5, 0.6) is 0 Å². The first kappa shape index (κ1) is 15.9. The fourth-order valence-electron chi connectivity index (χ4n) is 2.88. The number of benzene rings is 1. The van der Waals surface area contributed by atoms with E-state index in [-0.39, 0.29) is 0 Å². The Bertz CT molecular complexity index is 380. The lowest BCUT2D eigenvalue weighted by molar-refractivity contribution is 0.127. The van der Waals surface area contributed by atoms with Gasteiger partial charge in [0.05, 0.1) is 0 Å². The van der Waals surface area contributed by atoms with Crippen molar-refractivity contribution in [1.29, 1.82) is 0 Å². The van der Waals surface area contributed by atoms with Crippen LogP contribution < -0.4 is 5.32 Å². The fourth-order valence-corrected chi connectivity index (χ4v) is 3.79. The third-order valence-electron chi connectivity index (χ3n) is 3.86. The summed E-state index contributed by atoms with van der Waals surface area (Å²) in [4.78, 5) is 4.08. The highest BCUT2D eigenvalue weighted by Gasteiger charge is 2.25. The van der Waals surface area contributed by atoms with Gasteiger partial charge in [0.2, 0.25) is 0 Å². The number of thioether (sulfide) groups is 1. The lowest BCUT2D eigenvalue weighted by atomic mass is 9.99. The summed E-state index contributed by atoms with van der Waals surface area (Å²) in [7, 11) is 0. The monoisotopic (exact) mass is 292 g/mol. The van der Waals surface area contributed by atoms with Crippen LogP contribution >= 0.6 is 11.8 Å². The van der Waals surface area contributed by atoms with E-state index in [1.54, 1.807) is 0 Å². The highest BCUT2D eigenvalue weighted by atomic mass is 32.2. The van der Waals surface area contributed by atoms with E-state index >= 15 is 0 Å². The first-order chi connectivity index (χ1) is 9.65. The van der Waals surface area contributed by atoms with Gasteiger partial charge in [0.1, 0.15) is 0 Å². The summed E-state index contributed by atoms with van der Waals surface area (Å²) in [6, 6.07) is 12.1. The largest absolute Gasteiger partial charge is 0.311 e. The third-order valence-corrected chi connectivity index (χ3v) is 4.85. The van der Waals surface area contributed by atoms with Gasteiger partial charge < -0.3 is 5.32 Å². The second-order valence-corrected chi connectivity index (χ2v) is 7.42. The molecular formula is C17H28N2S. The Labute approximate surface area is 128 Å². The fraction of sp³-hybridized carbons (Fsp3) is 0.647. The van der Waals surface area contributed by atoms with Crippen molar-refractivity contribution in [3.63, 3.8) is 0 Å². The average Bonchev–Trinajstić information content (AvgIpc) is 2.42. The van der Waals surface area contributed by atoms with Gasteiger partial charge in [-0.25, -0.2) is 0 Å². The van der Waals surface area contributed by atoms with Crippen LogP contribution in [-0.2, 0) is 0 Å². The normalized spacial score (nSPS) is 24.2. The maximum atomic E-state index is 3.63.